The van der Waals surface area contributed by atoms with Gasteiger partial charge in [-0.3, -0.25) is 0 Å². The van der Waals surface area contributed by atoms with Gasteiger partial charge >= 0.3 is 12.0 Å². The lowest BCUT2D eigenvalue weighted by atomic mass is 10.1. The number of carbonyl (C=O) groups is 2. The molecule has 4 unspecified atom stereocenters. The first-order valence-electron chi connectivity index (χ1n) is 6.93. The number of rotatable bonds is 2. The fourth-order valence-corrected chi connectivity index (χ4v) is 3.74. The van der Waals surface area contributed by atoms with Crippen molar-refractivity contribution in [1.29, 1.82) is 0 Å². The van der Waals surface area contributed by atoms with E-state index in [1.54, 1.807) is 7.11 Å². The van der Waals surface area contributed by atoms with Crippen LogP contribution in [0.2, 0.25) is 0 Å². The van der Waals surface area contributed by atoms with Crippen molar-refractivity contribution in [1.82, 2.24) is 9.80 Å². The predicted octanol–water partition coefficient (Wildman–Crippen LogP) is 0.765. The molecule has 3 fully saturated rings. The molecule has 2 heterocycles. The largest absolute Gasteiger partial charge is 0.480 e. The molecule has 1 aliphatic carbocycles. The summed E-state index contributed by atoms with van der Waals surface area (Å²) < 4.78 is 5.22. The molecule has 6 nitrogen and oxygen atoms in total. The molecule has 19 heavy (non-hydrogen) atoms. The quantitative estimate of drug-likeness (QED) is 0.803. The van der Waals surface area contributed by atoms with Crippen molar-refractivity contribution in [2.24, 2.45) is 5.92 Å². The van der Waals surface area contributed by atoms with Crippen LogP contribution in [-0.4, -0.2) is 65.3 Å². The number of carboxylic acid groups (broad SMARTS) is 1. The van der Waals surface area contributed by atoms with Crippen LogP contribution in [0.15, 0.2) is 0 Å². The van der Waals surface area contributed by atoms with Crippen molar-refractivity contribution >= 4 is 12.0 Å². The van der Waals surface area contributed by atoms with E-state index in [1.807, 2.05) is 4.90 Å². The van der Waals surface area contributed by atoms with Gasteiger partial charge < -0.3 is 19.6 Å². The first-order chi connectivity index (χ1) is 9.10. The first kappa shape index (κ1) is 12.7. The van der Waals surface area contributed by atoms with Gasteiger partial charge in [0.25, 0.3) is 0 Å². The molecule has 2 bridgehead atoms. The summed E-state index contributed by atoms with van der Waals surface area (Å²) in [6.45, 7) is 1.18. The Bertz CT molecular complexity index is 400. The zero-order valence-electron chi connectivity index (χ0n) is 11.1. The Morgan fingerprint density at radius 2 is 1.95 bits per heavy atom. The SMILES string of the molecule is COC1CC(C(=O)O)N(C(=O)N2CC3CCC2C3)C1. The summed E-state index contributed by atoms with van der Waals surface area (Å²) in [6.07, 6.45) is 3.59. The highest BCUT2D eigenvalue weighted by molar-refractivity contribution is 5.84. The van der Waals surface area contributed by atoms with E-state index in [2.05, 4.69) is 0 Å². The van der Waals surface area contributed by atoms with Crippen LogP contribution < -0.4 is 0 Å². The molecule has 1 saturated carbocycles. The van der Waals surface area contributed by atoms with E-state index in [-0.39, 0.29) is 12.1 Å². The minimum Gasteiger partial charge on any atom is -0.480 e. The highest BCUT2D eigenvalue weighted by Crippen LogP contribution is 2.38. The van der Waals surface area contributed by atoms with Crippen LogP contribution in [0, 0.1) is 5.92 Å². The standard InChI is InChI=1S/C13H20N2O4/c1-19-10-5-11(12(16)17)15(7-10)13(18)14-6-8-2-3-9(14)4-8/h8-11H,2-7H2,1H3,(H,16,17). The van der Waals surface area contributed by atoms with E-state index in [0.717, 1.165) is 19.4 Å². The fourth-order valence-electron chi connectivity index (χ4n) is 3.74. The second-order valence-electron chi connectivity index (χ2n) is 5.87. The van der Waals surface area contributed by atoms with Gasteiger partial charge in [-0.15, -0.1) is 0 Å². The average Bonchev–Trinajstić information content (AvgIpc) is 3.11. The molecule has 3 aliphatic rings. The molecule has 0 radical (unpaired) electrons. The van der Waals surface area contributed by atoms with Crippen molar-refractivity contribution in [3.05, 3.63) is 0 Å². The van der Waals surface area contributed by atoms with Gasteiger partial charge in [-0.25, -0.2) is 9.59 Å². The number of hydrogen-bond donors (Lipinski definition) is 1. The number of fused-ring (bicyclic) bond motifs is 2. The number of amides is 2. The monoisotopic (exact) mass is 268 g/mol. The normalized spacial score (nSPS) is 37.1. The summed E-state index contributed by atoms with van der Waals surface area (Å²) in [5.74, 6) is -0.310. The van der Waals surface area contributed by atoms with Crippen molar-refractivity contribution < 1.29 is 19.4 Å². The second kappa shape index (κ2) is 4.67. The van der Waals surface area contributed by atoms with Crippen molar-refractivity contribution in [3.8, 4) is 0 Å². The Labute approximate surface area is 112 Å². The summed E-state index contributed by atoms with van der Waals surface area (Å²) in [4.78, 5) is 27.2. The van der Waals surface area contributed by atoms with Crippen molar-refractivity contribution in [2.75, 3.05) is 20.2 Å². The van der Waals surface area contributed by atoms with Crippen LogP contribution in [0.1, 0.15) is 25.7 Å². The Kier molecular flexibility index (Phi) is 3.12. The van der Waals surface area contributed by atoms with Crippen LogP contribution in [0.5, 0.6) is 0 Å². The molecule has 3 rings (SSSR count). The number of likely N-dealkylation sites (tertiary alicyclic amines) is 2. The van der Waals surface area contributed by atoms with Crippen molar-refractivity contribution in [2.45, 2.75) is 43.9 Å². The third kappa shape index (κ3) is 2.08. The smallest absolute Gasteiger partial charge is 0.326 e. The lowest BCUT2D eigenvalue weighted by Crippen LogP contribution is -2.50. The third-order valence-electron chi connectivity index (χ3n) is 4.78. The van der Waals surface area contributed by atoms with Gasteiger partial charge in [0.1, 0.15) is 6.04 Å². The summed E-state index contributed by atoms with van der Waals surface area (Å²) in [5, 5.41) is 9.25. The molecule has 1 N–H and O–H groups in total. The molecule has 4 atom stereocenters. The molecule has 0 spiro atoms. The summed E-state index contributed by atoms with van der Waals surface area (Å²) in [5.41, 5.74) is 0. The number of carbonyl (C=O) groups excluding carboxylic acids is 1. The van der Waals surface area contributed by atoms with Gasteiger partial charge in [0.2, 0.25) is 0 Å². The summed E-state index contributed by atoms with van der Waals surface area (Å²) in [6, 6.07) is -0.524. The molecule has 6 heteroatoms. The molecule has 2 amide bonds. The second-order valence-corrected chi connectivity index (χ2v) is 5.87. The Balaban J connectivity index is 1.73. The topological polar surface area (TPSA) is 70.1 Å². The van der Waals surface area contributed by atoms with E-state index < -0.39 is 12.0 Å². The third-order valence-corrected chi connectivity index (χ3v) is 4.78. The molecule has 2 saturated heterocycles. The first-order valence-corrected chi connectivity index (χ1v) is 6.93. The predicted molar refractivity (Wildman–Crippen MR) is 66.8 cm³/mol. The van der Waals surface area contributed by atoms with E-state index in [4.69, 9.17) is 4.74 Å². The minimum atomic E-state index is -0.933. The van der Waals surface area contributed by atoms with E-state index >= 15 is 0 Å². The molecule has 2 aliphatic heterocycles. The van der Waals surface area contributed by atoms with E-state index in [9.17, 15) is 14.7 Å². The van der Waals surface area contributed by atoms with Gasteiger partial charge in [0, 0.05) is 32.7 Å². The maximum atomic E-state index is 12.5. The number of hydrogen-bond acceptors (Lipinski definition) is 3. The zero-order valence-corrected chi connectivity index (χ0v) is 11.1. The minimum absolute atomic E-state index is 0.112. The maximum Gasteiger partial charge on any atom is 0.326 e. The molecule has 0 aromatic rings. The molecular formula is C13H20N2O4. The fraction of sp³-hybridized carbons (Fsp3) is 0.846. The Hall–Kier alpha value is -1.30. The number of urea groups is 1. The van der Waals surface area contributed by atoms with Crippen LogP contribution in [-0.2, 0) is 9.53 Å². The van der Waals surface area contributed by atoms with Gasteiger partial charge in [-0.1, -0.05) is 0 Å². The number of methoxy groups -OCH3 is 1. The number of ether oxygens (including phenoxy) is 1. The average molecular weight is 268 g/mol. The molecule has 0 aromatic heterocycles. The van der Waals surface area contributed by atoms with Gasteiger partial charge in [-0.2, -0.15) is 0 Å². The number of piperidine rings is 1. The van der Waals surface area contributed by atoms with Gasteiger partial charge in [0.05, 0.1) is 6.10 Å². The van der Waals surface area contributed by atoms with Crippen LogP contribution in [0.4, 0.5) is 4.79 Å². The van der Waals surface area contributed by atoms with Crippen LogP contribution in [0.3, 0.4) is 0 Å². The Morgan fingerprint density at radius 1 is 1.16 bits per heavy atom. The lowest BCUT2D eigenvalue weighted by molar-refractivity contribution is -0.141. The highest BCUT2D eigenvalue weighted by atomic mass is 16.5. The number of carboxylic acids is 1. The van der Waals surface area contributed by atoms with E-state index in [1.165, 1.54) is 11.3 Å². The lowest BCUT2D eigenvalue weighted by Gasteiger charge is -2.33. The number of aliphatic carboxylic acids is 1. The van der Waals surface area contributed by atoms with Crippen LogP contribution in [0.25, 0.3) is 0 Å². The Morgan fingerprint density at radius 3 is 2.47 bits per heavy atom. The van der Waals surface area contributed by atoms with Gasteiger partial charge in [-0.05, 0) is 25.2 Å². The molecular weight excluding hydrogens is 248 g/mol. The summed E-state index contributed by atoms with van der Waals surface area (Å²) in [7, 11) is 1.56. The molecule has 106 valence electrons. The number of nitrogens with zero attached hydrogens (tertiary/aromatic N) is 2. The molecule has 0 aromatic carbocycles. The van der Waals surface area contributed by atoms with Crippen molar-refractivity contribution in [3.63, 3.8) is 0 Å². The summed E-state index contributed by atoms with van der Waals surface area (Å²) >= 11 is 0. The van der Waals surface area contributed by atoms with Gasteiger partial charge in [0.15, 0.2) is 0 Å². The zero-order chi connectivity index (χ0) is 13.6. The van der Waals surface area contributed by atoms with Crippen LogP contribution >= 0.6 is 0 Å². The highest BCUT2D eigenvalue weighted by Gasteiger charge is 2.46. The van der Waals surface area contributed by atoms with E-state index in [0.29, 0.717) is 24.9 Å². The maximum absolute atomic E-state index is 12.5.